The second-order valence-corrected chi connectivity index (χ2v) is 6.18. The first kappa shape index (κ1) is 14.2. The minimum absolute atomic E-state index is 0.00456. The van der Waals surface area contributed by atoms with Crippen molar-refractivity contribution in [3.63, 3.8) is 0 Å². The molecular formula is C17H24N2O2. The van der Waals surface area contributed by atoms with Crippen molar-refractivity contribution in [3.8, 4) is 5.75 Å². The van der Waals surface area contributed by atoms with E-state index in [0.29, 0.717) is 12.5 Å². The zero-order valence-corrected chi connectivity index (χ0v) is 12.6. The molecule has 1 amide bonds. The molecule has 1 fully saturated rings. The Kier molecular flexibility index (Phi) is 4.32. The molecule has 0 spiro atoms. The molecule has 2 aliphatic rings. The summed E-state index contributed by atoms with van der Waals surface area (Å²) in [7, 11) is 0. The summed E-state index contributed by atoms with van der Waals surface area (Å²) in [4.78, 5) is 12.4. The number of nitrogens with one attached hydrogen (secondary N) is 2. The molecule has 4 nitrogen and oxygen atoms in total. The van der Waals surface area contributed by atoms with E-state index in [-0.39, 0.29) is 11.9 Å². The average molecular weight is 288 g/mol. The third kappa shape index (κ3) is 3.31. The van der Waals surface area contributed by atoms with Crippen molar-refractivity contribution >= 4 is 11.6 Å². The summed E-state index contributed by atoms with van der Waals surface area (Å²) in [5.41, 5.74) is 0.960. The molecule has 0 radical (unpaired) electrons. The fraction of sp³-hybridized carbons (Fsp3) is 0.588. The van der Waals surface area contributed by atoms with E-state index in [1.54, 1.807) is 0 Å². The molecule has 114 valence electrons. The Balaban J connectivity index is 1.56. The van der Waals surface area contributed by atoms with Crippen LogP contribution >= 0.6 is 0 Å². The lowest BCUT2D eigenvalue weighted by Gasteiger charge is -2.31. The first-order valence-corrected chi connectivity index (χ1v) is 8.04. The average Bonchev–Trinajstić information content (AvgIpc) is 2.55. The molecule has 1 aliphatic heterocycles. The number of amides is 1. The van der Waals surface area contributed by atoms with Gasteiger partial charge in [0.1, 0.15) is 5.75 Å². The van der Waals surface area contributed by atoms with Gasteiger partial charge in [-0.25, -0.2) is 0 Å². The van der Waals surface area contributed by atoms with E-state index in [9.17, 15) is 4.79 Å². The van der Waals surface area contributed by atoms with Crippen LogP contribution in [0.5, 0.6) is 5.75 Å². The van der Waals surface area contributed by atoms with Gasteiger partial charge in [0, 0.05) is 6.04 Å². The fourth-order valence-corrected chi connectivity index (χ4v) is 3.33. The van der Waals surface area contributed by atoms with Crippen molar-refractivity contribution in [1.29, 1.82) is 0 Å². The van der Waals surface area contributed by atoms with Crippen molar-refractivity contribution < 1.29 is 9.53 Å². The molecule has 1 unspecified atom stereocenters. The molecule has 0 bridgehead atoms. The van der Waals surface area contributed by atoms with Crippen molar-refractivity contribution in [1.82, 2.24) is 5.32 Å². The largest absolute Gasteiger partial charge is 0.477 e. The summed E-state index contributed by atoms with van der Waals surface area (Å²) in [6.07, 6.45) is 5.94. The van der Waals surface area contributed by atoms with Gasteiger partial charge in [0.05, 0.1) is 12.2 Å². The molecule has 1 saturated carbocycles. The van der Waals surface area contributed by atoms with E-state index in [4.69, 9.17) is 4.74 Å². The second-order valence-electron chi connectivity index (χ2n) is 6.18. The highest BCUT2D eigenvalue weighted by atomic mass is 16.5. The second kappa shape index (κ2) is 6.37. The Labute approximate surface area is 126 Å². The Morgan fingerprint density at radius 2 is 2.05 bits per heavy atom. The minimum Gasteiger partial charge on any atom is -0.477 e. The fourth-order valence-electron chi connectivity index (χ4n) is 3.33. The van der Waals surface area contributed by atoms with E-state index in [2.05, 4.69) is 17.6 Å². The molecule has 4 heteroatoms. The standard InChI is InChI=1S/C17H24N2O2/c1-12(13-7-3-2-4-8-13)19-17(20)16-11-18-14-9-5-6-10-15(14)21-16/h5-6,9-10,12-13,16,18H,2-4,7-8,11H2,1H3,(H,19,20)/t12-,16?/m0/s1. The zero-order valence-electron chi connectivity index (χ0n) is 12.6. The zero-order chi connectivity index (χ0) is 14.7. The number of fused-ring (bicyclic) bond motifs is 1. The number of hydrogen-bond donors (Lipinski definition) is 2. The Bertz CT molecular complexity index is 497. The van der Waals surface area contributed by atoms with Gasteiger partial charge in [-0.1, -0.05) is 31.4 Å². The molecule has 0 aromatic heterocycles. The van der Waals surface area contributed by atoms with Crippen molar-refractivity contribution in [2.75, 3.05) is 11.9 Å². The van der Waals surface area contributed by atoms with Gasteiger partial charge in [0.25, 0.3) is 5.91 Å². The first-order valence-electron chi connectivity index (χ1n) is 8.04. The lowest BCUT2D eigenvalue weighted by Crippen LogP contribution is -2.49. The Morgan fingerprint density at radius 3 is 2.86 bits per heavy atom. The summed E-state index contributed by atoms with van der Waals surface area (Å²) < 4.78 is 5.81. The maximum atomic E-state index is 12.4. The van der Waals surface area contributed by atoms with Gasteiger partial charge >= 0.3 is 0 Å². The minimum atomic E-state index is -0.439. The van der Waals surface area contributed by atoms with Gasteiger partial charge < -0.3 is 15.4 Å². The number of carbonyl (C=O) groups excluding carboxylic acids is 1. The summed E-state index contributed by atoms with van der Waals surface area (Å²) in [5.74, 6) is 1.37. The van der Waals surface area contributed by atoms with Crippen LogP contribution in [-0.4, -0.2) is 24.6 Å². The SMILES string of the molecule is C[C@H](NC(=O)C1CNc2ccccc2O1)C1CCCCC1. The van der Waals surface area contributed by atoms with Crippen LogP contribution in [0.3, 0.4) is 0 Å². The highest BCUT2D eigenvalue weighted by Gasteiger charge is 2.28. The molecule has 1 aliphatic carbocycles. The molecular weight excluding hydrogens is 264 g/mol. The van der Waals surface area contributed by atoms with Gasteiger partial charge in [0.2, 0.25) is 0 Å². The van der Waals surface area contributed by atoms with Crippen LogP contribution in [0.15, 0.2) is 24.3 Å². The van der Waals surface area contributed by atoms with Gasteiger partial charge in [0.15, 0.2) is 6.10 Å². The molecule has 3 rings (SSSR count). The summed E-state index contributed by atoms with van der Waals surface area (Å²) >= 11 is 0. The molecule has 2 atom stereocenters. The van der Waals surface area contributed by atoms with Crippen LogP contribution in [-0.2, 0) is 4.79 Å². The van der Waals surface area contributed by atoms with E-state index >= 15 is 0 Å². The lowest BCUT2D eigenvalue weighted by molar-refractivity contribution is -0.128. The number of anilines is 1. The number of rotatable bonds is 3. The maximum Gasteiger partial charge on any atom is 0.263 e. The molecule has 21 heavy (non-hydrogen) atoms. The third-order valence-corrected chi connectivity index (χ3v) is 4.65. The quantitative estimate of drug-likeness (QED) is 0.899. The van der Waals surface area contributed by atoms with Gasteiger partial charge in [-0.05, 0) is 37.8 Å². The molecule has 1 heterocycles. The highest BCUT2D eigenvalue weighted by Crippen LogP contribution is 2.29. The Hall–Kier alpha value is -1.71. The van der Waals surface area contributed by atoms with Crippen LogP contribution in [0.1, 0.15) is 39.0 Å². The van der Waals surface area contributed by atoms with E-state index < -0.39 is 6.10 Å². The predicted molar refractivity (Wildman–Crippen MR) is 83.5 cm³/mol. The highest BCUT2D eigenvalue weighted by molar-refractivity contribution is 5.83. The normalized spacial score (nSPS) is 23.4. The molecule has 2 N–H and O–H groups in total. The van der Waals surface area contributed by atoms with Crippen molar-refractivity contribution in [2.24, 2.45) is 5.92 Å². The predicted octanol–water partition coefficient (Wildman–Crippen LogP) is 2.94. The van der Waals surface area contributed by atoms with Crippen LogP contribution in [0.4, 0.5) is 5.69 Å². The smallest absolute Gasteiger partial charge is 0.263 e. The van der Waals surface area contributed by atoms with Crippen molar-refractivity contribution in [2.45, 2.75) is 51.2 Å². The van der Waals surface area contributed by atoms with Crippen molar-refractivity contribution in [3.05, 3.63) is 24.3 Å². The van der Waals surface area contributed by atoms with E-state index in [1.807, 2.05) is 24.3 Å². The number of ether oxygens (including phenoxy) is 1. The topological polar surface area (TPSA) is 50.4 Å². The number of para-hydroxylation sites is 2. The summed E-state index contributed by atoms with van der Waals surface area (Å²) in [5, 5.41) is 6.41. The maximum absolute atomic E-state index is 12.4. The molecule has 1 aromatic rings. The third-order valence-electron chi connectivity index (χ3n) is 4.65. The number of hydrogen-bond acceptors (Lipinski definition) is 3. The van der Waals surface area contributed by atoms with Crippen LogP contribution in [0.2, 0.25) is 0 Å². The monoisotopic (exact) mass is 288 g/mol. The first-order chi connectivity index (χ1) is 10.2. The van der Waals surface area contributed by atoms with Gasteiger partial charge in [-0.2, -0.15) is 0 Å². The molecule has 1 aromatic carbocycles. The van der Waals surface area contributed by atoms with E-state index in [0.717, 1.165) is 11.4 Å². The lowest BCUT2D eigenvalue weighted by atomic mass is 9.84. The van der Waals surface area contributed by atoms with Crippen LogP contribution in [0.25, 0.3) is 0 Å². The van der Waals surface area contributed by atoms with Crippen LogP contribution in [0, 0.1) is 5.92 Å². The molecule has 0 saturated heterocycles. The summed E-state index contributed by atoms with van der Waals surface area (Å²) in [6, 6.07) is 7.98. The number of benzene rings is 1. The van der Waals surface area contributed by atoms with E-state index in [1.165, 1.54) is 32.1 Å². The summed E-state index contributed by atoms with van der Waals surface area (Å²) in [6.45, 7) is 2.65. The Morgan fingerprint density at radius 1 is 1.29 bits per heavy atom. The van der Waals surface area contributed by atoms with Crippen LogP contribution < -0.4 is 15.4 Å². The van der Waals surface area contributed by atoms with Gasteiger partial charge in [-0.15, -0.1) is 0 Å². The van der Waals surface area contributed by atoms with Gasteiger partial charge in [-0.3, -0.25) is 4.79 Å². The number of carbonyl (C=O) groups is 1.